The summed E-state index contributed by atoms with van der Waals surface area (Å²) >= 11 is 0. The lowest BCUT2D eigenvalue weighted by molar-refractivity contribution is 0.369. The van der Waals surface area contributed by atoms with Crippen LogP contribution in [0.15, 0.2) is 4.79 Å². The molecule has 0 bridgehead atoms. The molecule has 5 heteroatoms. The molecule has 1 aliphatic carbocycles. The molecule has 0 spiro atoms. The fourth-order valence-electron chi connectivity index (χ4n) is 2.50. The quantitative estimate of drug-likeness (QED) is 0.821. The van der Waals surface area contributed by atoms with Crippen molar-refractivity contribution in [1.82, 2.24) is 14.7 Å². The van der Waals surface area contributed by atoms with Crippen molar-refractivity contribution >= 4 is 5.69 Å². The summed E-state index contributed by atoms with van der Waals surface area (Å²) in [7, 11) is 3.99. The molecule has 0 unspecified atom stereocenters. The third-order valence-corrected chi connectivity index (χ3v) is 3.56. The minimum Gasteiger partial charge on any atom is -0.393 e. The Morgan fingerprint density at radius 1 is 1.41 bits per heavy atom. The van der Waals surface area contributed by atoms with E-state index in [1.165, 1.54) is 12.8 Å². The van der Waals surface area contributed by atoms with E-state index in [2.05, 4.69) is 10.00 Å². The Balaban J connectivity index is 2.18. The SMILES string of the molecule is CN(C)CCn1[nH]c(C2CCCC2)c(N)c1=O. The molecule has 1 heterocycles. The summed E-state index contributed by atoms with van der Waals surface area (Å²) in [6.45, 7) is 1.51. The van der Waals surface area contributed by atoms with Gasteiger partial charge in [-0.25, -0.2) is 4.68 Å². The van der Waals surface area contributed by atoms with Crippen LogP contribution in [0.4, 0.5) is 5.69 Å². The van der Waals surface area contributed by atoms with Gasteiger partial charge < -0.3 is 10.6 Å². The van der Waals surface area contributed by atoms with E-state index in [0.717, 1.165) is 25.1 Å². The summed E-state index contributed by atoms with van der Waals surface area (Å²) in [6, 6.07) is 0. The fourth-order valence-corrected chi connectivity index (χ4v) is 2.50. The summed E-state index contributed by atoms with van der Waals surface area (Å²) in [4.78, 5) is 14.0. The fraction of sp³-hybridized carbons (Fsp3) is 0.750. The first-order chi connectivity index (χ1) is 8.09. The lowest BCUT2D eigenvalue weighted by Gasteiger charge is -2.10. The second kappa shape index (κ2) is 4.96. The first-order valence-corrected chi connectivity index (χ1v) is 6.32. The van der Waals surface area contributed by atoms with Crippen LogP contribution in [-0.2, 0) is 6.54 Å². The van der Waals surface area contributed by atoms with Gasteiger partial charge in [-0.2, -0.15) is 0 Å². The van der Waals surface area contributed by atoms with Crippen LogP contribution in [0.5, 0.6) is 0 Å². The smallest absolute Gasteiger partial charge is 0.289 e. The van der Waals surface area contributed by atoms with E-state index >= 15 is 0 Å². The van der Waals surface area contributed by atoms with Gasteiger partial charge in [0.2, 0.25) is 0 Å². The van der Waals surface area contributed by atoms with E-state index < -0.39 is 0 Å². The average molecular weight is 238 g/mol. The first kappa shape index (κ1) is 12.2. The normalized spacial score (nSPS) is 17.1. The summed E-state index contributed by atoms with van der Waals surface area (Å²) in [6.07, 6.45) is 4.79. The summed E-state index contributed by atoms with van der Waals surface area (Å²) in [5.74, 6) is 0.461. The molecular formula is C12H22N4O. The molecule has 1 saturated carbocycles. The van der Waals surface area contributed by atoms with E-state index in [1.54, 1.807) is 4.68 Å². The van der Waals surface area contributed by atoms with E-state index in [0.29, 0.717) is 18.2 Å². The number of aromatic nitrogens is 2. The largest absolute Gasteiger partial charge is 0.393 e. The van der Waals surface area contributed by atoms with Gasteiger partial charge in [0.1, 0.15) is 5.69 Å². The van der Waals surface area contributed by atoms with Crippen molar-refractivity contribution in [2.24, 2.45) is 0 Å². The number of aromatic amines is 1. The van der Waals surface area contributed by atoms with E-state index in [1.807, 2.05) is 14.1 Å². The van der Waals surface area contributed by atoms with Crippen LogP contribution >= 0.6 is 0 Å². The number of rotatable bonds is 4. The van der Waals surface area contributed by atoms with Gasteiger partial charge in [-0.3, -0.25) is 9.89 Å². The molecule has 3 N–H and O–H groups in total. The Kier molecular flexibility index (Phi) is 3.57. The highest BCUT2D eigenvalue weighted by molar-refractivity contribution is 5.43. The molecule has 1 aromatic rings. The summed E-state index contributed by atoms with van der Waals surface area (Å²) < 4.78 is 1.64. The van der Waals surface area contributed by atoms with Crippen molar-refractivity contribution < 1.29 is 0 Å². The maximum atomic E-state index is 11.9. The van der Waals surface area contributed by atoms with Crippen LogP contribution < -0.4 is 11.3 Å². The number of likely N-dealkylation sites (N-methyl/N-ethyl adjacent to an activating group) is 1. The van der Waals surface area contributed by atoms with Gasteiger partial charge in [0.05, 0.1) is 12.2 Å². The number of hydrogen-bond acceptors (Lipinski definition) is 3. The molecule has 0 amide bonds. The van der Waals surface area contributed by atoms with Crippen LogP contribution in [0.3, 0.4) is 0 Å². The average Bonchev–Trinajstić information content (AvgIpc) is 2.88. The molecule has 0 aliphatic heterocycles. The van der Waals surface area contributed by atoms with Gasteiger partial charge in [0, 0.05) is 12.5 Å². The number of hydrogen-bond donors (Lipinski definition) is 2. The van der Waals surface area contributed by atoms with E-state index in [-0.39, 0.29) is 5.56 Å². The third-order valence-electron chi connectivity index (χ3n) is 3.56. The topological polar surface area (TPSA) is 67.1 Å². The standard InChI is InChI=1S/C12H22N4O/c1-15(2)7-8-16-12(17)10(13)11(14-16)9-5-3-4-6-9/h9,14H,3-8,13H2,1-2H3. The van der Waals surface area contributed by atoms with Gasteiger partial charge in [0.25, 0.3) is 5.56 Å². The number of nitrogens with one attached hydrogen (secondary N) is 1. The highest BCUT2D eigenvalue weighted by Gasteiger charge is 2.23. The minimum atomic E-state index is -0.0613. The van der Waals surface area contributed by atoms with E-state index in [9.17, 15) is 4.79 Å². The predicted molar refractivity (Wildman–Crippen MR) is 69.2 cm³/mol. The van der Waals surface area contributed by atoms with Crippen LogP contribution in [0.25, 0.3) is 0 Å². The maximum Gasteiger partial charge on any atom is 0.289 e. The zero-order chi connectivity index (χ0) is 12.4. The van der Waals surface area contributed by atoms with E-state index in [4.69, 9.17) is 5.73 Å². The minimum absolute atomic E-state index is 0.0613. The number of nitrogen functional groups attached to an aromatic ring is 1. The van der Waals surface area contributed by atoms with Gasteiger partial charge >= 0.3 is 0 Å². The van der Waals surface area contributed by atoms with Gasteiger partial charge in [-0.1, -0.05) is 12.8 Å². The van der Waals surface area contributed by atoms with Gasteiger partial charge in [0.15, 0.2) is 0 Å². The number of anilines is 1. The van der Waals surface area contributed by atoms with Gasteiger partial charge in [-0.05, 0) is 26.9 Å². The van der Waals surface area contributed by atoms with Crippen molar-refractivity contribution in [3.05, 3.63) is 16.0 Å². The molecule has 96 valence electrons. The van der Waals surface area contributed by atoms with Crippen LogP contribution in [0.1, 0.15) is 37.3 Å². The van der Waals surface area contributed by atoms with Crippen LogP contribution in [-0.4, -0.2) is 35.3 Å². The Bertz CT molecular complexity index is 426. The maximum absolute atomic E-state index is 11.9. The van der Waals surface area contributed by atoms with Crippen molar-refractivity contribution in [3.8, 4) is 0 Å². The molecule has 0 radical (unpaired) electrons. The molecule has 2 rings (SSSR count). The number of nitrogens with two attached hydrogens (primary N) is 1. The molecule has 0 saturated heterocycles. The third kappa shape index (κ3) is 2.54. The molecular weight excluding hydrogens is 216 g/mol. The lowest BCUT2D eigenvalue weighted by atomic mass is 10.0. The van der Waals surface area contributed by atoms with Gasteiger partial charge in [-0.15, -0.1) is 0 Å². The Morgan fingerprint density at radius 2 is 2.06 bits per heavy atom. The molecule has 0 atom stereocenters. The number of nitrogens with zero attached hydrogens (tertiary/aromatic N) is 2. The Morgan fingerprint density at radius 3 is 2.65 bits per heavy atom. The zero-order valence-electron chi connectivity index (χ0n) is 10.7. The highest BCUT2D eigenvalue weighted by Crippen LogP contribution is 2.34. The molecule has 5 nitrogen and oxygen atoms in total. The number of H-pyrrole nitrogens is 1. The van der Waals surface area contributed by atoms with Crippen LogP contribution in [0, 0.1) is 0 Å². The second-order valence-corrected chi connectivity index (χ2v) is 5.18. The van der Waals surface area contributed by atoms with Crippen LogP contribution in [0.2, 0.25) is 0 Å². The molecule has 1 aliphatic rings. The van der Waals surface area contributed by atoms with Crippen molar-refractivity contribution in [3.63, 3.8) is 0 Å². The first-order valence-electron chi connectivity index (χ1n) is 6.32. The van der Waals surface area contributed by atoms with Crippen molar-refractivity contribution in [2.75, 3.05) is 26.4 Å². The second-order valence-electron chi connectivity index (χ2n) is 5.18. The molecule has 1 fully saturated rings. The summed E-state index contributed by atoms with van der Waals surface area (Å²) in [5, 5.41) is 3.20. The zero-order valence-corrected chi connectivity index (χ0v) is 10.7. The van der Waals surface area contributed by atoms with Crippen molar-refractivity contribution in [2.45, 2.75) is 38.1 Å². The van der Waals surface area contributed by atoms with Crippen molar-refractivity contribution in [1.29, 1.82) is 0 Å². The Hall–Kier alpha value is -1.23. The predicted octanol–water partition coefficient (Wildman–Crippen LogP) is 0.978. The molecule has 0 aromatic carbocycles. The molecule has 17 heavy (non-hydrogen) atoms. The lowest BCUT2D eigenvalue weighted by Crippen LogP contribution is -2.25. The highest BCUT2D eigenvalue weighted by atomic mass is 16.1. The summed E-state index contributed by atoms with van der Waals surface area (Å²) in [5.41, 5.74) is 7.24. The Labute approximate surface area is 102 Å². The monoisotopic (exact) mass is 238 g/mol. The molecule has 1 aromatic heterocycles.